The molecule has 0 saturated heterocycles. The highest BCUT2D eigenvalue weighted by atomic mass is 16.2. The summed E-state index contributed by atoms with van der Waals surface area (Å²) in [5.74, 6) is -0.618. The van der Waals surface area contributed by atoms with Crippen molar-refractivity contribution in [2.75, 3.05) is 13.1 Å². The number of benzene rings is 2. The van der Waals surface area contributed by atoms with Crippen molar-refractivity contribution in [3.05, 3.63) is 71.3 Å². The highest BCUT2D eigenvalue weighted by Crippen LogP contribution is 2.15. The second-order valence-electron chi connectivity index (χ2n) is 5.09. The first-order chi connectivity index (χ1) is 11.1. The Bertz CT molecular complexity index is 719. The molecule has 2 aromatic carbocycles. The summed E-state index contributed by atoms with van der Waals surface area (Å²) in [5.41, 5.74) is 1.06. The maximum Gasteiger partial charge on any atom is 0.254 e. The van der Waals surface area contributed by atoms with E-state index in [4.69, 9.17) is 5.41 Å². The Labute approximate surface area is 136 Å². The highest BCUT2D eigenvalue weighted by molar-refractivity contribution is 6.51. The minimum atomic E-state index is -0.438. The van der Waals surface area contributed by atoms with Crippen LogP contribution in [0, 0.1) is 5.41 Å². The van der Waals surface area contributed by atoms with Crippen LogP contribution < -0.4 is 0 Å². The van der Waals surface area contributed by atoms with Crippen molar-refractivity contribution >= 4 is 17.4 Å². The quantitative estimate of drug-likeness (QED) is 0.656. The SMILES string of the molecule is CCN(CC)C(=O)c1ccccc1C(=O)C(=N)c1ccccc1. The van der Waals surface area contributed by atoms with Crippen LogP contribution in [0.1, 0.15) is 40.1 Å². The number of ketones is 1. The predicted octanol–water partition coefficient (Wildman–Crippen LogP) is 3.42. The number of hydrogen-bond acceptors (Lipinski definition) is 3. The molecule has 2 aromatic rings. The van der Waals surface area contributed by atoms with Gasteiger partial charge in [-0.1, -0.05) is 48.5 Å². The Morgan fingerprint density at radius 1 is 0.870 bits per heavy atom. The lowest BCUT2D eigenvalue weighted by Crippen LogP contribution is -2.32. The molecule has 0 spiro atoms. The van der Waals surface area contributed by atoms with Crippen LogP contribution in [0.3, 0.4) is 0 Å². The molecule has 0 fully saturated rings. The van der Waals surface area contributed by atoms with Gasteiger partial charge >= 0.3 is 0 Å². The zero-order chi connectivity index (χ0) is 16.8. The van der Waals surface area contributed by atoms with Crippen LogP contribution in [-0.2, 0) is 0 Å². The summed E-state index contributed by atoms with van der Waals surface area (Å²) in [7, 11) is 0. The number of Topliss-reactive ketones (excluding diaryl/α,β-unsaturated/α-hetero) is 1. The zero-order valence-corrected chi connectivity index (χ0v) is 13.4. The number of carbonyl (C=O) groups excluding carboxylic acids is 2. The van der Waals surface area contributed by atoms with Crippen LogP contribution in [0.25, 0.3) is 0 Å². The van der Waals surface area contributed by atoms with Crippen LogP contribution in [0.5, 0.6) is 0 Å². The maximum atomic E-state index is 12.7. The maximum absolute atomic E-state index is 12.7. The number of carbonyl (C=O) groups is 2. The Hall–Kier alpha value is -2.75. The lowest BCUT2D eigenvalue weighted by Gasteiger charge is -2.20. The van der Waals surface area contributed by atoms with E-state index in [1.807, 2.05) is 19.9 Å². The summed E-state index contributed by atoms with van der Waals surface area (Å²) in [6, 6.07) is 15.5. The van der Waals surface area contributed by atoms with E-state index in [0.717, 1.165) is 0 Å². The van der Waals surface area contributed by atoms with Crippen LogP contribution in [0.2, 0.25) is 0 Å². The molecule has 0 heterocycles. The molecule has 0 radical (unpaired) electrons. The van der Waals surface area contributed by atoms with Gasteiger partial charge in [0.15, 0.2) is 0 Å². The summed E-state index contributed by atoms with van der Waals surface area (Å²) >= 11 is 0. The Morgan fingerprint density at radius 3 is 1.96 bits per heavy atom. The fourth-order valence-electron chi connectivity index (χ4n) is 2.42. The topological polar surface area (TPSA) is 61.2 Å². The third-order valence-electron chi connectivity index (χ3n) is 3.74. The van der Waals surface area contributed by atoms with Crippen molar-refractivity contribution in [3.8, 4) is 0 Å². The average molecular weight is 308 g/mol. The molecule has 4 heteroatoms. The van der Waals surface area contributed by atoms with Crippen molar-refractivity contribution in [2.24, 2.45) is 0 Å². The van der Waals surface area contributed by atoms with Gasteiger partial charge in [0.05, 0.1) is 5.56 Å². The third-order valence-corrected chi connectivity index (χ3v) is 3.74. The molecular formula is C19H20N2O2. The van der Waals surface area contributed by atoms with Crippen molar-refractivity contribution in [1.29, 1.82) is 5.41 Å². The first-order valence-corrected chi connectivity index (χ1v) is 7.67. The molecule has 118 valence electrons. The van der Waals surface area contributed by atoms with Gasteiger partial charge < -0.3 is 4.90 Å². The number of hydrogen-bond donors (Lipinski definition) is 1. The monoisotopic (exact) mass is 308 g/mol. The molecule has 4 nitrogen and oxygen atoms in total. The van der Waals surface area contributed by atoms with Gasteiger partial charge in [0.2, 0.25) is 5.78 Å². The summed E-state index contributed by atoms with van der Waals surface area (Å²) in [4.78, 5) is 26.9. The van der Waals surface area contributed by atoms with Crippen molar-refractivity contribution in [2.45, 2.75) is 13.8 Å². The first-order valence-electron chi connectivity index (χ1n) is 7.67. The lowest BCUT2D eigenvalue weighted by atomic mass is 9.96. The van der Waals surface area contributed by atoms with E-state index < -0.39 is 5.78 Å². The summed E-state index contributed by atoms with van der Waals surface area (Å²) in [5, 5.41) is 8.13. The number of nitrogens with zero attached hydrogens (tertiary/aromatic N) is 1. The number of nitrogens with one attached hydrogen (secondary N) is 1. The molecular weight excluding hydrogens is 288 g/mol. The Kier molecular flexibility index (Phi) is 5.41. The fraction of sp³-hybridized carbons (Fsp3) is 0.211. The van der Waals surface area contributed by atoms with Gasteiger partial charge in [-0.2, -0.15) is 0 Å². The summed E-state index contributed by atoms with van der Waals surface area (Å²) < 4.78 is 0. The van der Waals surface area contributed by atoms with Gasteiger partial charge in [-0.25, -0.2) is 0 Å². The van der Waals surface area contributed by atoms with E-state index in [2.05, 4.69) is 0 Å². The zero-order valence-electron chi connectivity index (χ0n) is 13.4. The molecule has 2 rings (SSSR count). The molecule has 0 aliphatic heterocycles. The van der Waals surface area contributed by atoms with Crippen molar-refractivity contribution in [3.63, 3.8) is 0 Å². The molecule has 23 heavy (non-hydrogen) atoms. The van der Waals surface area contributed by atoms with E-state index in [-0.39, 0.29) is 17.2 Å². The Morgan fingerprint density at radius 2 is 1.39 bits per heavy atom. The van der Waals surface area contributed by atoms with Gasteiger partial charge in [-0.15, -0.1) is 0 Å². The minimum absolute atomic E-state index is 0.106. The molecule has 0 saturated carbocycles. The van der Waals surface area contributed by atoms with E-state index >= 15 is 0 Å². The first kappa shape index (κ1) is 16.6. The standard InChI is InChI=1S/C19H20N2O2/c1-3-21(4-2)19(23)16-13-9-8-12-15(16)18(22)17(20)14-10-6-5-7-11-14/h5-13,20H,3-4H2,1-2H3. The molecule has 0 atom stereocenters. The largest absolute Gasteiger partial charge is 0.339 e. The van der Waals surface area contributed by atoms with Gasteiger partial charge in [-0.3, -0.25) is 15.0 Å². The van der Waals surface area contributed by atoms with Gasteiger partial charge in [0.1, 0.15) is 5.71 Å². The minimum Gasteiger partial charge on any atom is -0.339 e. The van der Waals surface area contributed by atoms with Crippen LogP contribution in [0.15, 0.2) is 54.6 Å². The molecule has 0 bridgehead atoms. The smallest absolute Gasteiger partial charge is 0.254 e. The molecule has 0 aliphatic rings. The average Bonchev–Trinajstić information content (AvgIpc) is 2.62. The van der Waals surface area contributed by atoms with Crippen molar-refractivity contribution < 1.29 is 9.59 Å². The van der Waals surface area contributed by atoms with E-state index in [9.17, 15) is 9.59 Å². The normalized spacial score (nSPS) is 10.2. The predicted molar refractivity (Wildman–Crippen MR) is 91.3 cm³/mol. The van der Waals surface area contributed by atoms with Gasteiger partial charge in [0, 0.05) is 24.2 Å². The number of rotatable bonds is 6. The van der Waals surface area contributed by atoms with Crippen LogP contribution >= 0.6 is 0 Å². The van der Waals surface area contributed by atoms with Gasteiger partial charge in [-0.05, 0) is 19.9 Å². The lowest BCUT2D eigenvalue weighted by molar-refractivity contribution is 0.0769. The van der Waals surface area contributed by atoms with Crippen LogP contribution in [-0.4, -0.2) is 35.4 Å². The molecule has 0 aliphatic carbocycles. The van der Waals surface area contributed by atoms with E-state index in [1.165, 1.54) is 0 Å². The summed E-state index contributed by atoms with van der Waals surface area (Å²) in [6.07, 6.45) is 0. The fourth-order valence-corrected chi connectivity index (χ4v) is 2.42. The third kappa shape index (κ3) is 3.54. The second-order valence-corrected chi connectivity index (χ2v) is 5.09. The summed E-state index contributed by atoms with van der Waals surface area (Å²) in [6.45, 7) is 4.96. The Balaban J connectivity index is 2.39. The van der Waals surface area contributed by atoms with Crippen LogP contribution in [0.4, 0.5) is 0 Å². The highest BCUT2D eigenvalue weighted by Gasteiger charge is 2.22. The van der Waals surface area contributed by atoms with Crippen molar-refractivity contribution in [1.82, 2.24) is 4.90 Å². The second kappa shape index (κ2) is 7.49. The number of amides is 1. The molecule has 1 amide bonds. The molecule has 0 aromatic heterocycles. The molecule has 1 N–H and O–H groups in total. The van der Waals surface area contributed by atoms with E-state index in [0.29, 0.717) is 24.2 Å². The van der Waals surface area contributed by atoms with Gasteiger partial charge in [0.25, 0.3) is 5.91 Å². The molecule has 0 unspecified atom stereocenters. The van der Waals surface area contributed by atoms with E-state index in [1.54, 1.807) is 53.4 Å².